The first-order valence-electron chi connectivity index (χ1n) is 4.12. The fourth-order valence-corrected chi connectivity index (χ4v) is 4.21. The summed E-state index contributed by atoms with van der Waals surface area (Å²) < 4.78 is 33.1. The highest BCUT2D eigenvalue weighted by Gasteiger charge is 2.38. The fourth-order valence-electron chi connectivity index (χ4n) is 1.49. The standard InChI is InChI=1S/C7H15NO3S2/c1-12(9)4-2-7(8)3-5-13(10,11)6-7/h2-6,8H2,1H3. The van der Waals surface area contributed by atoms with E-state index >= 15 is 0 Å². The lowest BCUT2D eigenvalue weighted by Crippen LogP contribution is -2.42. The van der Waals surface area contributed by atoms with Crippen molar-refractivity contribution in [2.45, 2.75) is 18.4 Å². The highest BCUT2D eigenvalue weighted by molar-refractivity contribution is 7.91. The van der Waals surface area contributed by atoms with Crippen molar-refractivity contribution in [3.63, 3.8) is 0 Å². The first-order chi connectivity index (χ1) is 5.83. The van der Waals surface area contributed by atoms with Crippen LogP contribution in [0.5, 0.6) is 0 Å². The van der Waals surface area contributed by atoms with E-state index in [-0.39, 0.29) is 11.5 Å². The minimum Gasteiger partial charge on any atom is -0.324 e. The van der Waals surface area contributed by atoms with E-state index in [4.69, 9.17) is 5.73 Å². The molecule has 1 aliphatic heterocycles. The normalized spacial score (nSPS) is 34.6. The predicted octanol–water partition coefficient (Wildman–Crippen LogP) is -0.729. The Morgan fingerprint density at radius 2 is 2.15 bits per heavy atom. The van der Waals surface area contributed by atoms with Gasteiger partial charge in [-0.25, -0.2) is 8.42 Å². The van der Waals surface area contributed by atoms with E-state index in [2.05, 4.69) is 0 Å². The predicted molar refractivity (Wildman–Crippen MR) is 53.7 cm³/mol. The number of sulfone groups is 1. The van der Waals surface area contributed by atoms with Gasteiger partial charge in [-0.05, 0) is 12.8 Å². The van der Waals surface area contributed by atoms with Gasteiger partial charge in [0.2, 0.25) is 0 Å². The lowest BCUT2D eigenvalue weighted by atomic mass is 9.97. The third-order valence-electron chi connectivity index (χ3n) is 2.31. The molecule has 0 bridgehead atoms. The zero-order valence-corrected chi connectivity index (χ0v) is 9.29. The van der Waals surface area contributed by atoms with Crippen molar-refractivity contribution in [2.24, 2.45) is 5.73 Å². The molecule has 0 amide bonds. The molecule has 6 heteroatoms. The molecule has 4 nitrogen and oxygen atoms in total. The maximum absolute atomic E-state index is 11.1. The van der Waals surface area contributed by atoms with E-state index in [1.807, 2.05) is 0 Å². The smallest absolute Gasteiger partial charge is 0.152 e. The van der Waals surface area contributed by atoms with Crippen molar-refractivity contribution >= 4 is 20.6 Å². The molecule has 1 fully saturated rings. The molecule has 13 heavy (non-hydrogen) atoms. The molecule has 0 saturated carbocycles. The third-order valence-corrected chi connectivity index (χ3v) is 4.93. The third kappa shape index (κ3) is 3.36. The number of hydrogen-bond donors (Lipinski definition) is 1. The summed E-state index contributed by atoms with van der Waals surface area (Å²) in [6, 6.07) is 0. The maximum Gasteiger partial charge on any atom is 0.152 e. The molecule has 1 saturated heterocycles. The van der Waals surface area contributed by atoms with E-state index in [0.29, 0.717) is 18.6 Å². The van der Waals surface area contributed by atoms with Crippen LogP contribution in [-0.2, 0) is 20.6 Å². The van der Waals surface area contributed by atoms with Crippen LogP contribution in [0.2, 0.25) is 0 Å². The van der Waals surface area contributed by atoms with Crippen LogP contribution >= 0.6 is 0 Å². The summed E-state index contributed by atoms with van der Waals surface area (Å²) in [6.07, 6.45) is 2.65. The molecule has 0 aromatic heterocycles. The Bertz CT molecular complexity index is 312. The summed E-state index contributed by atoms with van der Waals surface area (Å²) in [5.41, 5.74) is 5.25. The van der Waals surface area contributed by atoms with Gasteiger partial charge < -0.3 is 5.73 Å². The largest absolute Gasteiger partial charge is 0.324 e. The molecule has 1 heterocycles. The van der Waals surface area contributed by atoms with Crippen molar-refractivity contribution in [2.75, 3.05) is 23.5 Å². The van der Waals surface area contributed by atoms with E-state index in [9.17, 15) is 12.6 Å². The first-order valence-corrected chi connectivity index (χ1v) is 7.67. The number of hydrogen-bond acceptors (Lipinski definition) is 4. The van der Waals surface area contributed by atoms with Gasteiger partial charge in [0.1, 0.15) is 0 Å². The van der Waals surface area contributed by atoms with Gasteiger partial charge in [0, 0.05) is 28.3 Å². The Hall–Kier alpha value is 0.0600. The van der Waals surface area contributed by atoms with Crippen LogP contribution in [0.1, 0.15) is 12.8 Å². The number of rotatable bonds is 3. The second-order valence-electron chi connectivity index (χ2n) is 3.73. The maximum atomic E-state index is 11.1. The number of nitrogens with two attached hydrogens (primary N) is 1. The average molecular weight is 225 g/mol. The summed E-state index contributed by atoms with van der Waals surface area (Å²) >= 11 is 0. The van der Waals surface area contributed by atoms with Crippen LogP contribution < -0.4 is 5.73 Å². The molecule has 78 valence electrons. The second kappa shape index (κ2) is 3.67. The van der Waals surface area contributed by atoms with Gasteiger partial charge in [-0.2, -0.15) is 0 Å². The molecule has 2 atom stereocenters. The van der Waals surface area contributed by atoms with Gasteiger partial charge in [-0.3, -0.25) is 4.21 Å². The van der Waals surface area contributed by atoms with Gasteiger partial charge in [0.15, 0.2) is 9.84 Å². The summed E-state index contributed by atoms with van der Waals surface area (Å²) in [7, 11) is -3.81. The van der Waals surface area contributed by atoms with Crippen LogP contribution in [-0.4, -0.2) is 41.7 Å². The molecule has 0 radical (unpaired) electrons. The molecule has 2 unspecified atom stereocenters. The molecular weight excluding hydrogens is 210 g/mol. The summed E-state index contributed by atoms with van der Waals surface area (Å²) in [5, 5.41) is 0. The molecule has 0 aliphatic carbocycles. The van der Waals surface area contributed by atoms with Crippen molar-refractivity contribution in [1.82, 2.24) is 0 Å². The van der Waals surface area contributed by atoms with Crippen molar-refractivity contribution < 1.29 is 12.6 Å². The van der Waals surface area contributed by atoms with Crippen LogP contribution in [0.3, 0.4) is 0 Å². The lowest BCUT2D eigenvalue weighted by Gasteiger charge is -2.20. The van der Waals surface area contributed by atoms with Gasteiger partial charge in [-0.1, -0.05) is 0 Å². The quantitative estimate of drug-likeness (QED) is 0.687. The zero-order chi connectivity index (χ0) is 10.1. The van der Waals surface area contributed by atoms with Gasteiger partial charge in [-0.15, -0.1) is 0 Å². The molecular formula is C7H15NO3S2. The van der Waals surface area contributed by atoms with Crippen LogP contribution in [0.25, 0.3) is 0 Å². The molecule has 1 rings (SSSR count). The Morgan fingerprint density at radius 3 is 2.54 bits per heavy atom. The lowest BCUT2D eigenvalue weighted by molar-refractivity contribution is 0.465. The topological polar surface area (TPSA) is 77.2 Å². The molecule has 1 aliphatic rings. The summed E-state index contributed by atoms with van der Waals surface area (Å²) in [4.78, 5) is 0. The van der Waals surface area contributed by atoms with Crippen molar-refractivity contribution in [1.29, 1.82) is 0 Å². The van der Waals surface area contributed by atoms with Gasteiger partial charge in [0.25, 0.3) is 0 Å². The molecule has 0 aromatic rings. The minimum absolute atomic E-state index is 0.0528. The molecule has 2 N–H and O–H groups in total. The van der Waals surface area contributed by atoms with E-state index in [1.54, 1.807) is 6.26 Å². The van der Waals surface area contributed by atoms with Crippen molar-refractivity contribution in [3.05, 3.63) is 0 Å². The highest BCUT2D eigenvalue weighted by atomic mass is 32.2. The highest BCUT2D eigenvalue weighted by Crippen LogP contribution is 2.24. The average Bonchev–Trinajstić information content (AvgIpc) is 2.23. The van der Waals surface area contributed by atoms with Gasteiger partial charge in [0.05, 0.1) is 11.5 Å². The van der Waals surface area contributed by atoms with Crippen LogP contribution in [0.15, 0.2) is 0 Å². The zero-order valence-electron chi connectivity index (χ0n) is 7.65. The van der Waals surface area contributed by atoms with Crippen LogP contribution in [0.4, 0.5) is 0 Å². The van der Waals surface area contributed by atoms with Crippen LogP contribution in [0, 0.1) is 0 Å². The second-order valence-corrected chi connectivity index (χ2v) is 7.47. The minimum atomic E-state index is -2.93. The molecule has 0 aromatic carbocycles. The first kappa shape index (κ1) is 11.1. The van der Waals surface area contributed by atoms with E-state index < -0.39 is 26.2 Å². The Kier molecular flexibility index (Phi) is 3.14. The van der Waals surface area contributed by atoms with E-state index in [1.165, 1.54) is 0 Å². The van der Waals surface area contributed by atoms with Crippen molar-refractivity contribution in [3.8, 4) is 0 Å². The Balaban J connectivity index is 2.55. The fraction of sp³-hybridized carbons (Fsp3) is 1.00. The SMILES string of the molecule is CS(=O)CCC1(N)CCS(=O)(=O)C1. The Morgan fingerprint density at radius 1 is 1.54 bits per heavy atom. The summed E-state index contributed by atoms with van der Waals surface area (Å²) in [6.45, 7) is 0. The summed E-state index contributed by atoms with van der Waals surface area (Å²) in [5.74, 6) is 0.725. The monoisotopic (exact) mass is 225 g/mol. The van der Waals surface area contributed by atoms with Gasteiger partial charge >= 0.3 is 0 Å². The van der Waals surface area contributed by atoms with E-state index in [0.717, 1.165) is 0 Å². The molecule has 0 spiro atoms. The Labute approximate surface area is 81.3 Å².